The summed E-state index contributed by atoms with van der Waals surface area (Å²) in [5.41, 5.74) is 0.0337. The maximum Gasteiger partial charge on any atom is 0.308 e. The zero-order chi connectivity index (χ0) is 42.6. The minimum absolute atomic E-state index is 0.0562. The molecule has 0 radical (unpaired) electrons. The van der Waals surface area contributed by atoms with Gasteiger partial charge in [-0.05, 0) is 30.5 Å². The van der Waals surface area contributed by atoms with Crippen molar-refractivity contribution in [2.24, 2.45) is 0 Å². The van der Waals surface area contributed by atoms with Crippen molar-refractivity contribution < 1.29 is 91.1 Å². The molecule has 2 aromatic rings. The number of rotatable bonds is 10. The van der Waals surface area contributed by atoms with E-state index in [1.807, 2.05) is 0 Å². The lowest BCUT2D eigenvalue weighted by Crippen LogP contribution is -2.54. The quantitative estimate of drug-likeness (QED) is 0.199. The Morgan fingerprint density at radius 1 is 0.552 bits per heavy atom. The number of benzene rings is 2. The Balaban J connectivity index is 1.73. The number of hydrogen-bond donors (Lipinski definition) is 2. The third kappa shape index (κ3) is 9.76. The SMILES string of the molecule is CC(=O)Oc1ccc(C2CCc3c(O)c([C@@H]4OC[C@@H](OC(C)=O)[C@H](OC(C)=O)[C@H]4OC(C)=O)c(O)c([C@@H]4OC[C@@H](OC(C)=O)[C@H](OC(C)=O)[C@H]4OC(C)=O)c3O2)cc1. The van der Waals surface area contributed by atoms with E-state index >= 15 is 0 Å². The summed E-state index contributed by atoms with van der Waals surface area (Å²) in [6.45, 7) is 6.80. The van der Waals surface area contributed by atoms with E-state index in [1.54, 1.807) is 24.3 Å². The average molecular weight is 817 g/mol. The summed E-state index contributed by atoms with van der Waals surface area (Å²) in [6, 6.07) is 6.39. The maximum absolute atomic E-state index is 12.7. The van der Waals surface area contributed by atoms with Crippen molar-refractivity contribution in [3.63, 3.8) is 0 Å². The van der Waals surface area contributed by atoms with Crippen LogP contribution in [0.25, 0.3) is 0 Å². The van der Waals surface area contributed by atoms with Crippen LogP contribution < -0.4 is 9.47 Å². The molecule has 3 heterocycles. The van der Waals surface area contributed by atoms with Gasteiger partial charge in [0.25, 0.3) is 0 Å². The fourth-order valence-corrected chi connectivity index (χ4v) is 7.30. The highest BCUT2D eigenvalue weighted by molar-refractivity contribution is 5.71. The predicted octanol–water partition coefficient (Wildman–Crippen LogP) is 2.82. The molecule has 5 rings (SSSR count). The second-order valence-electron chi connectivity index (χ2n) is 13.7. The molecule has 0 spiro atoms. The largest absolute Gasteiger partial charge is 0.507 e. The lowest BCUT2D eigenvalue weighted by molar-refractivity contribution is -0.228. The normalized spacial score (nSPS) is 26.4. The molecule has 2 aromatic carbocycles. The highest BCUT2D eigenvalue weighted by Crippen LogP contribution is 2.56. The van der Waals surface area contributed by atoms with Crippen LogP contribution in [0.3, 0.4) is 0 Å². The number of phenolic OH excluding ortho intramolecular Hbond substituents is 2. The fraction of sp³-hybridized carbons (Fsp3) is 0.513. The highest BCUT2D eigenvalue weighted by Gasteiger charge is 2.53. The van der Waals surface area contributed by atoms with Gasteiger partial charge in [0.1, 0.15) is 41.3 Å². The number of carbonyl (C=O) groups is 7. The Morgan fingerprint density at radius 2 is 0.983 bits per heavy atom. The molecule has 0 amide bonds. The molecule has 9 atom stereocenters. The number of ether oxygens (including phenoxy) is 10. The van der Waals surface area contributed by atoms with Crippen LogP contribution in [0, 0.1) is 0 Å². The van der Waals surface area contributed by atoms with E-state index in [9.17, 15) is 43.8 Å². The van der Waals surface area contributed by atoms with Crippen molar-refractivity contribution in [2.45, 2.75) is 116 Å². The number of carbonyl (C=O) groups excluding carboxylic acids is 7. The molecule has 3 aliphatic heterocycles. The highest BCUT2D eigenvalue weighted by atomic mass is 16.7. The molecule has 19 heteroatoms. The van der Waals surface area contributed by atoms with Gasteiger partial charge in [0, 0.05) is 54.0 Å². The topological polar surface area (TPSA) is 252 Å². The summed E-state index contributed by atoms with van der Waals surface area (Å²) < 4.78 is 56.9. The Hall–Kier alpha value is -5.95. The zero-order valence-electron chi connectivity index (χ0n) is 32.7. The van der Waals surface area contributed by atoms with Crippen molar-refractivity contribution in [2.75, 3.05) is 13.2 Å². The number of esters is 7. The summed E-state index contributed by atoms with van der Waals surface area (Å²) in [6.07, 6.45) is -12.5. The average Bonchev–Trinajstić information content (AvgIpc) is 3.11. The van der Waals surface area contributed by atoms with E-state index in [0.717, 1.165) is 41.5 Å². The monoisotopic (exact) mass is 816 g/mol. The first-order chi connectivity index (χ1) is 27.4. The van der Waals surface area contributed by atoms with Gasteiger partial charge in [-0.25, -0.2) is 0 Å². The van der Waals surface area contributed by atoms with Crippen LogP contribution in [-0.2, 0) is 77.9 Å². The second kappa shape index (κ2) is 18.1. The molecule has 0 saturated carbocycles. The summed E-state index contributed by atoms with van der Waals surface area (Å²) in [5, 5.41) is 24.5. The summed E-state index contributed by atoms with van der Waals surface area (Å²) >= 11 is 0. The third-order valence-electron chi connectivity index (χ3n) is 9.27. The molecule has 19 nitrogen and oxygen atoms in total. The lowest BCUT2D eigenvalue weighted by atomic mass is 9.83. The molecule has 0 aromatic heterocycles. The fourth-order valence-electron chi connectivity index (χ4n) is 7.30. The standard InChI is InChI=1S/C39H44O19/c1-16(40)51-24-10-8-23(9-11-24)26-13-12-25-31(47)29(36-38(56-21(6)45)34(54-19(4)43)27(14-49-36)52-17(2)41)32(48)30(33(25)58-26)37-39(57-22(7)46)35(55-20(5)44)28(15-50-37)53-18(3)42/h8-11,26-28,34-39,47-48H,12-15H2,1-7H3/t26?,27-,28-,34+,35+,36+,37+,38-,39-/m1/s1. The molecule has 3 aliphatic rings. The van der Waals surface area contributed by atoms with Gasteiger partial charge in [-0.3, -0.25) is 33.6 Å². The van der Waals surface area contributed by atoms with Gasteiger partial charge in [-0.2, -0.15) is 0 Å². The van der Waals surface area contributed by atoms with Crippen LogP contribution in [0.15, 0.2) is 24.3 Å². The molecule has 314 valence electrons. The Labute approximate surface area is 331 Å². The first-order valence-corrected chi connectivity index (χ1v) is 18.2. The second-order valence-corrected chi connectivity index (χ2v) is 13.7. The maximum atomic E-state index is 12.7. The van der Waals surface area contributed by atoms with Gasteiger partial charge in [0.2, 0.25) is 0 Å². The van der Waals surface area contributed by atoms with Crippen LogP contribution >= 0.6 is 0 Å². The van der Waals surface area contributed by atoms with E-state index in [1.165, 1.54) is 6.92 Å². The summed E-state index contributed by atoms with van der Waals surface area (Å²) in [4.78, 5) is 85.6. The molecule has 58 heavy (non-hydrogen) atoms. The van der Waals surface area contributed by atoms with Crippen LogP contribution in [0.5, 0.6) is 23.0 Å². The Morgan fingerprint density at radius 3 is 1.41 bits per heavy atom. The Kier molecular flexibility index (Phi) is 13.5. The van der Waals surface area contributed by atoms with Crippen LogP contribution in [-0.4, -0.2) is 102 Å². The van der Waals surface area contributed by atoms with E-state index in [0.29, 0.717) is 5.56 Å². The van der Waals surface area contributed by atoms with Crippen LogP contribution in [0.2, 0.25) is 0 Å². The van der Waals surface area contributed by atoms with Gasteiger partial charge in [-0.1, -0.05) is 12.1 Å². The van der Waals surface area contributed by atoms with Crippen LogP contribution in [0.4, 0.5) is 0 Å². The van der Waals surface area contributed by atoms with Crippen molar-refractivity contribution in [1.29, 1.82) is 0 Å². The molecule has 2 N–H and O–H groups in total. The van der Waals surface area contributed by atoms with Crippen molar-refractivity contribution >= 4 is 41.8 Å². The number of fused-ring (bicyclic) bond motifs is 1. The van der Waals surface area contributed by atoms with Crippen molar-refractivity contribution in [3.8, 4) is 23.0 Å². The van der Waals surface area contributed by atoms with Gasteiger partial charge in [-0.15, -0.1) is 0 Å². The molecule has 0 aliphatic carbocycles. The number of phenols is 2. The van der Waals surface area contributed by atoms with Gasteiger partial charge >= 0.3 is 41.8 Å². The van der Waals surface area contributed by atoms with Crippen LogP contribution in [0.1, 0.15) is 95.5 Å². The van der Waals surface area contributed by atoms with E-state index in [-0.39, 0.29) is 35.5 Å². The molecular weight excluding hydrogens is 772 g/mol. The number of aromatic hydroxyl groups is 2. The minimum Gasteiger partial charge on any atom is -0.507 e. The Bertz CT molecular complexity index is 1940. The molecular formula is C39H44O19. The summed E-state index contributed by atoms with van der Waals surface area (Å²) in [7, 11) is 0. The smallest absolute Gasteiger partial charge is 0.308 e. The molecule has 1 unspecified atom stereocenters. The van der Waals surface area contributed by atoms with Crippen molar-refractivity contribution in [3.05, 3.63) is 46.5 Å². The van der Waals surface area contributed by atoms with E-state index in [2.05, 4.69) is 0 Å². The van der Waals surface area contributed by atoms with E-state index in [4.69, 9.17) is 47.4 Å². The van der Waals surface area contributed by atoms with Gasteiger partial charge < -0.3 is 57.6 Å². The van der Waals surface area contributed by atoms with Crippen molar-refractivity contribution in [1.82, 2.24) is 0 Å². The van der Waals surface area contributed by atoms with E-state index < -0.39 is 127 Å². The third-order valence-corrected chi connectivity index (χ3v) is 9.27. The van der Waals surface area contributed by atoms with Gasteiger partial charge in [0.15, 0.2) is 36.6 Å². The number of hydrogen-bond acceptors (Lipinski definition) is 19. The zero-order valence-corrected chi connectivity index (χ0v) is 32.7. The molecule has 0 bridgehead atoms. The first kappa shape index (κ1) is 43.2. The predicted molar refractivity (Wildman–Crippen MR) is 190 cm³/mol. The molecule has 2 fully saturated rings. The summed E-state index contributed by atoms with van der Waals surface area (Å²) in [5.74, 6) is -6.78. The molecule has 2 saturated heterocycles. The lowest BCUT2D eigenvalue weighted by Gasteiger charge is -2.43. The van der Waals surface area contributed by atoms with Gasteiger partial charge in [0.05, 0.1) is 24.3 Å². The minimum atomic E-state index is -1.64. The first-order valence-electron chi connectivity index (χ1n) is 18.2.